The molecule has 0 radical (unpaired) electrons. The molecule has 7 heteroatoms. The zero-order valence-electron chi connectivity index (χ0n) is 12.3. The lowest BCUT2D eigenvalue weighted by molar-refractivity contribution is -0.123. The molecule has 0 aliphatic rings. The predicted octanol–water partition coefficient (Wildman–Crippen LogP) is 3.53. The number of carbonyl (C=O) groups is 1. The molecule has 0 aliphatic carbocycles. The van der Waals surface area contributed by atoms with E-state index < -0.39 is 0 Å². The largest absolute Gasteiger partial charge is 0.497 e. The monoisotopic (exact) mass is 352 g/mol. The lowest BCUT2D eigenvalue weighted by Gasteiger charge is -2.05. The maximum absolute atomic E-state index is 11.6. The Morgan fingerprint density at radius 3 is 2.48 bits per heavy atom. The Bertz CT molecular complexity index is 703. The topological polar surface area (TPSA) is 59.9 Å². The molecule has 2 aromatic carbocycles. The van der Waals surface area contributed by atoms with Crippen LogP contribution in [0.15, 0.2) is 47.6 Å². The second kappa shape index (κ2) is 8.41. The van der Waals surface area contributed by atoms with Crippen LogP contribution in [0.1, 0.15) is 5.56 Å². The van der Waals surface area contributed by atoms with Gasteiger partial charge in [-0.2, -0.15) is 5.10 Å². The molecule has 1 N–H and O–H groups in total. The van der Waals surface area contributed by atoms with Crippen molar-refractivity contribution >= 4 is 35.3 Å². The van der Waals surface area contributed by atoms with E-state index in [0.717, 1.165) is 5.56 Å². The van der Waals surface area contributed by atoms with Gasteiger partial charge in [-0.1, -0.05) is 29.3 Å². The standard InChI is InChI=1S/C16H14Cl2N2O3/c1-22-12-3-5-13(6-4-12)23-10-16(21)20-19-9-11-2-7-14(17)15(18)8-11/h2-9H,10H2,1H3,(H,20,21). The summed E-state index contributed by atoms with van der Waals surface area (Å²) in [6, 6.07) is 12.0. The van der Waals surface area contributed by atoms with Gasteiger partial charge in [0.2, 0.25) is 0 Å². The van der Waals surface area contributed by atoms with Crippen LogP contribution in [0.4, 0.5) is 0 Å². The molecule has 0 atom stereocenters. The summed E-state index contributed by atoms with van der Waals surface area (Å²) in [5, 5.41) is 4.71. The Balaban J connectivity index is 1.79. The zero-order valence-corrected chi connectivity index (χ0v) is 13.8. The van der Waals surface area contributed by atoms with Crippen LogP contribution in [-0.4, -0.2) is 25.8 Å². The van der Waals surface area contributed by atoms with Crippen LogP contribution < -0.4 is 14.9 Å². The van der Waals surface area contributed by atoms with Crippen molar-refractivity contribution in [3.8, 4) is 11.5 Å². The lowest BCUT2D eigenvalue weighted by atomic mass is 10.2. The molecule has 0 bridgehead atoms. The lowest BCUT2D eigenvalue weighted by Crippen LogP contribution is -2.24. The minimum Gasteiger partial charge on any atom is -0.497 e. The average molecular weight is 353 g/mol. The second-order valence-corrected chi connectivity index (χ2v) is 5.25. The number of nitrogens with one attached hydrogen (secondary N) is 1. The van der Waals surface area contributed by atoms with Crippen LogP contribution in [-0.2, 0) is 4.79 Å². The molecule has 0 saturated heterocycles. The Labute approximate surface area is 143 Å². The van der Waals surface area contributed by atoms with E-state index in [1.807, 2.05) is 0 Å². The van der Waals surface area contributed by atoms with Crippen LogP contribution in [0.5, 0.6) is 11.5 Å². The molecule has 0 spiro atoms. The van der Waals surface area contributed by atoms with E-state index in [0.29, 0.717) is 21.5 Å². The molecule has 2 aromatic rings. The number of benzene rings is 2. The third kappa shape index (κ3) is 5.47. The van der Waals surface area contributed by atoms with Crippen molar-refractivity contribution in [2.75, 3.05) is 13.7 Å². The smallest absolute Gasteiger partial charge is 0.277 e. The molecular formula is C16H14Cl2N2O3. The maximum Gasteiger partial charge on any atom is 0.277 e. The van der Waals surface area contributed by atoms with Gasteiger partial charge in [0.05, 0.1) is 23.4 Å². The van der Waals surface area contributed by atoms with Gasteiger partial charge in [0.1, 0.15) is 11.5 Å². The molecular weight excluding hydrogens is 339 g/mol. The van der Waals surface area contributed by atoms with E-state index in [1.54, 1.807) is 49.6 Å². The Kier molecular flexibility index (Phi) is 6.26. The molecule has 0 saturated carbocycles. The van der Waals surface area contributed by atoms with Gasteiger partial charge in [0.15, 0.2) is 6.61 Å². The van der Waals surface area contributed by atoms with Gasteiger partial charge in [-0.15, -0.1) is 0 Å². The van der Waals surface area contributed by atoms with Gasteiger partial charge < -0.3 is 9.47 Å². The molecule has 5 nitrogen and oxygen atoms in total. The normalized spacial score (nSPS) is 10.6. The number of halogens is 2. The fourth-order valence-corrected chi connectivity index (χ4v) is 1.93. The number of hydrazone groups is 1. The number of nitrogens with zero attached hydrogens (tertiary/aromatic N) is 1. The van der Waals surface area contributed by atoms with E-state index in [-0.39, 0.29) is 12.5 Å². The fourth-order valence-electron chi connectivity index (χ4n) is 1.62. The first-order valence-corrected chi connectivity index (χ1v) is 7.38. The Morgan fingerprint density at radius 2 is 1.83 bits per heavy atom. The van der Waals surface area contributed by atoms with Crippen molar-refractivity contribution in [3.05, 3.63) is 58.1 Å². The highest BCUT2D eigenvalue weighted by molar-refractivity contribution is 6.42. The summed E-state index contributed by atoms with van der Waals surface area (Å²) < 4.78 is 10.4. The summed E-state index contributed by atoms with van der Waals surface area (Å²) in [4.78, 5) is 11.6. The van der Waals surface area contributed by atoms with Gasteiger partial charge in [-0.25, -0.2) is 5.43 Å². The molecule has 23 heavy (non-hydrogen) atoms. The molecule has 0 fully saturated rings. The Hall–Kier alpha value is -2.24. The van der Waals surface area contributed by atoms with Gasteiger partial charge in [0, 0.05) is 0 Å². The van der Waals surface area contributed by atoms with Gasteiger partial charge in [-0.05, 0) is 42.0 Å². The first-order valence-electron chi connectivity index (χ1n) is 6.62. The van der Waals surface area contributed by atoms with E-state index in [9.17, 15) is 4.79 Å². The van der Waals surface area contributed by atoms with Crippen molar-refractivity contribution < 1.29 is 14.3 Å². The van der Waals surface area contributed by atoms with Crippen LogP contribution in [0.25, 0.3) is 0 Å². The second-order valence-electron chi connectivity index (χ2n) is 4.43. The summed E-state index contributed by atoms with van der Waals surface area (Å²) in [6.07, 6.45) is 1.47. The van der Waals surface area contributed by atoms with Gasteiger partial charge in [0.25, 0.3) is 5.91 Å². The SMILES string of the molecule is COc1ccc(OCC(=O)NN=Cc2ccc(Cl)c(Cl)c2)cc1. The molecule has 0 aromatic heterocycles. The van der Waals surface area contributed by atoms with Crippen molar-refractivity contribution in [2.45, 2.75) is 0 Å². The highest BCUT2D eigenvalue weighted by atomic mass is 35.5. The highest BCUT2D eigenvalue weighted by Crippen LogP contribution is 2.21. The van der Waals surface area contributed by atoms with E-state index >= 15 is 0 Å². The number of hydrogen-bond donors (Lipinski definition) is 1. The summed E-state index contributed by atoms with van der Waals surface area (Å²) in [5.74, 6) is 0.902. The van der Waals surface area contributed by atoms with Crippen molar-refractivity contribution in [1.82, 2.24) is 5.43 Å². The molecule has 0 unspecified atom stereocenters. The minimum atomic E-state index is -0.378. The molecule has 0 heterocycles. The summed E-state index contributed by atoms with van der Waals surface area (Å²) in [6.45, 7) is -0.148. The predicted molar refractivity (Wildman–Crippen MR) is 90.7 cm³/mol. The highest BCUT2D eigenvalue weighted by Gasteiger charge is 2.02. The molecule has 1 amide bonds. The first kappa shape index (κ1) is 17.1. The molecule has 2 rings (SSSR count). The molecule has 120 valence electrons. The zero-order chi connectivity index (χ0) is 16.7. The minimum absolute atomic E-state index is 0.148. The van der Waals surface area contributed by atoms with Crippen LogP contribution >= 0.6 is 23.2 Å². The number of hydrogen-bond acceptors (Lipinski definition) is 4. The number of amides is 1. The number of rotatable bonds is 6. The van der Waals surface area contributed by atoms with Gasteiger partial charge >= 0.3 is 0 Å². The van der Waals surface area contributed by atoms with Crippen molar-refractivity contribution in [2.24, 2.45) is 5.10 Å². The Morgan fingerprint density at radius 1 is 1.13 bits per heavy atom. The first-order chi connectivity index (χ1) is 11.1. The third-order valence-corrected chi connectivity index (χ3v) is 3.51. The summed E-state index contributed by atoms with van der Waals surface area (Å²) in [7, 11) is 1.58. The quantitative estimate of drug-likeness (QED) is 0.638. The van der Waals surface area contributed by atoms with E-state index in [4.69, 9.17) is 32.7 Å². The summed E-state index contributed by atoms with van der Waals surface area (Å²) in [5.41, 5.74) is 3.08. The van der Waals surface area contributed by atoms with E-state index in [1.165, 1.54) is 6.21 Å². The number of ether oxygens (including phenoxy) is 2. The van der Waals surface area contributed by atoms with E-state index in [2.05, 4.69) is 10.5 Å². The van der Waals surface area contributed by atoms with Crippen LogP contribution in [0.2, 0.25) is 10.0 Å². The van der Waals surface area contributed by atoms with Crippen LogP contribution in [0, 0.1) is 0 Å². The average Bonchev–Trinajstić information content (AvgIpc) is 2.56. The fraction of sp³-hybridized carbons (Fsp3) is 0.125. The van der Waals surface area contributed by atoms with Gasteiger partial charge in [-0.3, -0.25) is 4.79 Å². The van der Waals surface area contributed by atoms with Crippen LogP contribution in [0.3, 0.4) is 0 Å². The maximum atomic E-state index is 11.6. The molecule has 0 aliphatic heterocycles. The van der Waals surface area contributed by atoms with Crippen molar-refractivity contribution in [3.63, 3.8) is 0 Å². The summed E-state index contributed by atoms with van der Waals surface area (Å²) >= 11 is 11.7. The number of carbonyl (C=O) groups excluding carboxylic acids is 1. The third-order valence-electron chi connectivity index (χ3n) is 2.78. The van der Waals surface area contributed by atoms with Crippen molar-refractivity contribution in [1.29, 1.82) is 0 Å². The number of methoxy groups -OCH3 is 1.